The number of nitrogens with two attached hydrogens (primary N) is 1. The lowest BCUT2D eigenvalue weighted by Gasteiger charge is -2.47. The van der Waals surface area contributed by atoms with Crippen LogP contribution in [-0.4, -0.2) is 74.8 Å². The number of rotatable bonds is 7. The Labute approximate surface area is 201 Å². The largest absolute Gasteiger partial charge is 0.573 e. The summed E-state index contributed by atoms with van der Waals surface area (Å²) in [6.07, 6.45) is -1.23. The van der Waals surface area contributed by atoms with Crippen molar-refractivity contribution in [2.24, 2.45) is 11.8 Å². The Kier molecular flexibility index (Phi) is 6.01. The Balaban J connectivity index is 1.30. The molecule has 4 heterocycles. The van der Waals surface area contributed by atoms with Crippen LogP contribution in [0.15, 0.2) is 18.3 Å². The molecular weight excluding hydrogens is 465 g/mol. The highest BCUT2D eigenvalue weighted by molar-refractivity contribution is 7.99. The zero-order chi connectivity index (χ0) is 24.4. The molecule has 0 amide bonds. The molecule has 4 atom stereocenters. The summed E-state index contributed by atoms with van der Waals surface area (Å²) >= 11 is 1.89. The first-order valence-electron chi connectivity index (χ1n) is 11.7. The summed E-state index contributed by atoms with van der Waals surface area (Å²) in [5.41, 5.74) is 7.79. The molecule has 2 aromatic rings. The molecule has 2 aromatic heterocycles. The predicted molar refractivity (Wildman–Crippen MR) is 127 cm³/mol. The summed E-state index contributed by atoms with van der Waals surface area (Å²) in [6, 6.07) is 4.06. The maximum atomic E-state index is 12.7. The van der Waals surface area contributed by atoms with Crippen LogP contribution in [0, 0.1) is 11.8 Å². The topological polar surface area (TPSA) is 72.4 Å². The van der Waals surface area contributed by atoms with Crippen molar-refractivity contribution in [2.45, 2.75) is 50.5 Å². The van der Waals surface area contributed by atoms with E-state index in [2.05, 4.69) is 46.5 Å². The molecule has 3 aliphatic rings. The first-order chi connectivity index (χ1) is 16.1. The van der Waals surface area contributed by atoms with Crippen molar-refractivity contribution in [3.8, 4) is 17.0 Å². The van der Waals surface area contributed by atoms with E-state index in [1.165, 1.54) is 12.3 Å². The normalized spacial score (nSPS) is 26.5. The van der Waals surface area contributed by atoms with E-state index in [0.717, 1.165) is 31.9 Å². The van der Waals surface area contributed by atoms with Crippen LogP contribution in [0.1, 0.15) is 38.4 Å². The molecule has 0 radical (unpaired) electrons. The average Bonchev–Trinajstić information content (AvgIpc) is 3.07. The minimum atomic E-state index is -4.83. The molecule has 11 heteroatoms. The Hall–Kier alpha value is -1.98. The summed E-state index contributed by atoms with van der Waals surface area (Å²) in [4.78, 5) is 9.06. The summed E-state index contributed by atoms with van der Waals surface area (Å²) in [5, 5.41) is 5.31. The van der Waals surface area contributed by atoms with Crippen LogP contribution < -0.4 is 10.5 Å². The fourth-order valence-electron chi connectivity index (χ4n) is 5.47. The van der Waals surface area contributed by atoms with E-state index in [1.54, 1.807) is 0 Å². The second-order valence-electron chi connectivity index (χ2n) is 9.90. The number of ether oxygens (including phenoxy) is 1. The van der Waals surface area contributed by atoms with Crippen LogP contribution in [0.5, 0.6) is 5.75 Å². The van der Waals surface area contributed by atoms with Gasteiger partial charge in [-0.05, 0) is 51.0 Å². The van der Waals surface area contributed by atoms with Crippen molar-refractivity contribution in [1.29, 1.82) is 0 Å². The number of alkyl halides is 3. The lowest BCUT2D eigenvalue weighted by molar-refractivity contribution is -0.274. The van der Waals surface area contributed by atoms with Gasteiger partial charge in [-0.1, -0.05) is 0 Å². The van der Waals surface area contributed by atoms with Gasteiger partial charge >= 0.3 is 6.36 Å². The highest BCUT2D eigenvalue weighted by Crippen LogP contribution is 2.59. The molecular formula is C23H31F3N6OS. The highest BCUT2D eigenvalue weighted by atomic mass is 32.2. The van der Waals surface area contributed by atoms with Gasteiger partial charge in [-0.2, -0.15) is 5.10 Å². The van der Waals surface area contributed by atoms with Crippen molar-refractivity contribution in [3.63, 3.8) is 0 Å². The number of nitrogens with zero attached hydrogens (tertiary/aromatic N) is 5. The number of hydrogen-bond donors (Lipinski definition) is 1. The summed E-state index contributed by atoms with van der Waals surface area (Å²) in [6.45, 7) is 10.9. The molecule has 2 aliphatic heterocycles. The molecule has 34 heavy (non-hydrogen) atoms. The predicted octanol–water partition coefficient (Wildman–Crippen LogP) is 4.05. The van der Waals surface area contributed by atoms with Gasteiger partial charge in [0, 0.05) is 61.6 Å². The van der Waals surface area contributed by atoms with Crippen molar-refractivity contribution in [3.05, 3.63) is 24.0 Å². The Morgan fingerprint density at radius 3 is 2.38 bits per heavy atom. The van der Waals surface area contributed by atoms with Gasteiger partial charge in [0.2, 0.25) is 0 Å². The van der Waals surface area contributed by atoms with E-state index in [-0.39, 0.29) is 11.9 Å². The van der Waals surface area contributed by atoms with E-state index in [0.29, 0.717) is 40.4 Å². The molecule has 2 saturated heterocycles. The highest BCUT2D eigenvalue weighted by Gasteiger charge is 2.59. The van der Waals surface area contributed by atoms with E-state index in [9.17, 15) is 13.2 Å². The fourth-order valence-corrected chi connectivity index (χ4v) is 5.95. The molecule has 7 nitrogen and oxygen atoms in total. The maximum absolute atomic E-state index is 12.7. The third-order valence-corrected chi connectivity index (χ3v) is 8.46. The van der Waals surface area contributed by atoms with Crippen molar-refractivity contribution in [2.75, 3.05) is 38.2 Å². The Bertz CT molecular complexity index is 1040. The quantitative estimate of drug-likeness (QED) is 0.620. The molecule has 1 aliphatic carbocycles. The summed E-state index contributed by atoms with van der Waals surface area (Å²) in [5.74, 6) is 0.858. The number of nitrogen functional groups attached to an aromatic ring is 1. The number of halogens is 3. The zero-order valence-corrected chi connectivity index (χ0v) is 20.6. The lowest BCUT2D eigenvalue weighted by atomic mass is 10.1. The number of anilines is 1. The first kappa shape index (κ1) is 23.7. The molecule has 3 fully saturated rings. The minimum absolute atomic E-state index is 0.141. The fraction of sp³-hybridized carbons (Fsp3) is 0.652. The van der Waals surface area contributed by atoms with Gasteiger partial charge in [0.25, 0.3) is 0 Å². The number of pyridine rings is 1. The van der Waals surface area contributed by atoms with E-state index < -0.39 is 12.1 Å². The van der Waals surface area contributed by atoms with Gasteiger partial charge in [0.1, 0.15) is 0 Å². The number of hydrogen-bond acceptors (Lipinski definition) is 7. The van der Waals surface area contributed by atoms with E-state index >= 15 is 0 Å². The second kappa shape index (κ2) is 8.60. The molecule has 5 rings (SSSR count). The monoisotopic (exact) mass is 496 g/mol. The van der Waals surface area contributed by atoms with Gasteiger partial charge in [0.15, 0.2) is 11.6 Å². The van der Waals surface area contributed by atoms with Gasteiger partial charge in [-0.25, -0.2) is 4.98 Å². The van der Waals surface area contributed by atoms with Crippen LogP contribution in [0.25, 0.3) is 11.3 Å². The van der Waals surface area contributed by atoms with E-state index in [4.69, 9.17) is 10.8 Å². The smallest absolute Gasteiger partial charge is 0.402 e. The van der Waals surface area contributed by atoms with Gasteiger partial charge in [-0.3, -0.25) is 14.5 Å². The minimum Gasteiger partial charge on any atom is -0.402 e. The molecule has 0 aromatic carbocycles. The SMILES string of the molecule is CSC(C)N1CC(N2C[C@@H]3C(c4cc(-c5cnc(N)c(OC(F)(F)F)c5)nn4C(C)C)[C@@H]3C2)C1. The number of thioether (sulfide) groups is 1. The first-order valence-corrected chi connectivity index (χ1v) is 13.0. The Morgan fingerprint density at radius 1 is 1.12 bits per heavy atom. The number of likely N-dealkylation sites (tertiary alicyclic amines) is 2. The molecule has 186 valence electrons. The van der Waals surface area contributed by atoms with Crippen LogP contribution in [-0.2, 0) is 0 Å². The van der Waals surface area contributed by atoms with Gasteiger partial charge in [-0.15, -0.1) is 24.9 Å². The van der Waals surface area contributed by atoms with Gasteiger partial charge < -0.3 is 10.5 Å². The molecule has 0 bridgehead atoms. The zero-order valence-electron chi connectivity index (χ0n) is 19.8. The molecule has 2 N–H and O–H groups in total. The molecule has 2 unspecified atom stereocenters. The van der Waals surface area contributed by atoms with E-state index in [1.807, 2.05) is 22.5 Å². The average molecular weight is 497 g/mol. The van der Waals surface area contributed by atoms with Crippen LogP contribution >= 0.6 is 11.8 Å². The third kappa shape index (κ3) is 4.37. The lowest BCUT2D eigenvalue weighted by Crippen LogP contribution is -2.61. The standard InChI is InChI=1S/C23H31F3N6OS/c1-12(2)32-19(6-18(29-32)14-5-20(22(27)28-7-14)33-23(24,25)26)21-16-10-31(11-17(16)21)15-8-30(9-15)13(3)34-4/h5-7,12-13,15-17,21H,8-11H2,1-4H3,(H2,27,28)/t13?,16-,17+,21?. The van der Waals surface area contributed by atoms with Crippen molar-refractivity contribution in [1.82, 2.24) is 24.6 Å². The molecule has 0 spiro atoms. The number of aromatic nitrogens is 3. The third-order valence-electron chi connectivity index (χ3n) is 7.48. The molecule has 1 saturated carbocycles. The summed E-state index contributed by atoms with van der Waals surface area (Å²) in [7, 11) is 0. The van der Waals surface area contributed by atoms with Crippen LogP contribution in [0.2, 0.25) is 0 Å². The Morgan fingerprint density at radius 2 is 1.79 bits per heavy atom. The summed E-state index contributed by atoms with van der Waals surface area (Å²) < 4.78 is 44.3. The maximum Gasteiger partial charge on any atom is 0.573 e. The van der Waals surface area contributed by atoms with Crippen molar-refractivity contribution >= 4 is 17.6 Å². The van der Waals surface area contributed by atoms with Crippen LogP contribution in [0.4, 0.5) is 19.0 Å². The van der Waals surface area contributed by atoms with Gasteiger partial charge in [0.05, 0.1) is 11.1 Å². The van der Waals surface area contributed by atoms with Crippen LogP contribution in [0.3, 0.4) is 0 Å². The number of fused-ring (bicyclic) bond motifs is 1. The van der Waals surface area contributed by atoms with Crippen molar-refractivity contribution < 1.29 is 17.9 Å². The second-order valence-corrected chi connectivity index (χ2v) is 11.1. The number of piperidine rings is 1.